The van der Waals surface area contributed by atoms with Gasteiger partial charge >= 0.3 is 0 Å². The summed E-state index contributed by atoms with van der Waals surface area (Å²) in [6.07, 6.45) is 3.59. The monoisotopic (exact) mass is 566 g/mol. The molecule has 0 unspecified atom stereocenters. The molecule has 38 heavy (non-hydrogen) atoms. The van der Waals surface area contributed by atoms with Gasteiger partial charge in [-0.3, -0.25) is 9.59 Å². The van der Waals surface area contributed by atoms with Gasteiger partial charge in [-0.2, -0.15) is 0 Å². The first-order valence-electron chi connectivity index (χ1n) is 12.3. The van der Waals surface area contributed by atoms with E-state index in [0.29, 0.717) is 47.4 Å². The second kappa shape index (κ2) is 11.7. The zero-order valence-corrected chi connectivity index (χ0v) is 23.5. The molecule has 1 fully saturated rings. The summed E-state index contributed by atoms with van der Waals surface area (Å²) >= 11 is 9.19. The smallest absolute Gasteiger partial charge is 0.271 e. The molecule has 4 aromatic rings. The number of carbonyl (C=O) groups excluding carboxylic acids is 2. The standard InChI is InChI=1S/C28H27ClN4O3S2/c1-17-24(25(32-36-17)18-7-9-21(29)10-8-18)28(35)33-13-11-19(12-14-33)27-31-22(16-38-27)26(34)30-15-20-5-3-4-6-23(20)37-2/h3-10,16,19H,11-15H2,1-2H3,(H,30,34). The molecule has 7 nitrogen and oxygen atoms in total. The average Bonchev–Trinajstić information content (AvgIpc) is 3.59. The van der Waals surface area contributed by atoms with Gasteiger partial charge in [0.05, 0.1) is 5.01 Å². The third-order valence-electron chi connectivity index (χ3n) is 6.71. The summed E-state index contributed by atoms with van der Waals surface area (Å²) in [7, 11) is 0. The second-order valence-corrected chi connectivity index (χ2v) is 11.3. The Kier molecular flexibility index (Phi) is 8.16. The van der Waals surface area contributed by atoms with Crippen molar-refractivity contribution in [1.29, 1.82) is 0 Å². The predicted molar refractivity (Wildman–Crippen MR) is 151 cm³/mol. The number of likely N-dealkylation sites (tertiary alicyclic amines) is 1. The third-order valence-corrected chi connectivity index (χ3v) is 8.81. The highest BCUT2D eigenvalue weighted by Crippen LogP contribution is 2.33. The Labute approximate surface area is 234 Å². The Morgan fingerprint density at radius 1 is 1.16 bits per heavy atom. The fourth-order valence-corrected chi connectivity index (χ4v) is 6.33. The van der Waals surface area contributed by atoms with Crippen molar-refractivity contribution in [3.63, 3.8) is 0 Å². The summed E-state index contributed by atoms with van der Waals surface area (Å²) in [5, 5.41) is 10.5. The van der Waals surface area contributed by atoms with Crippen LogP contribution >= 0.6 is 34.7 Å². The van der Waals surface area contributed by atoms with Crippen LogP contribution in [0.5, 0.6) is 0 Å². The maximum Gasteiger partial charge on any atom is 0.271 e. The number of hydrogen-bond donors (Lipinski definition) is 1. The van der Waals surface area contributed by atoms with Gasteiger partial charge in [0.1, 0.15) is 22.7 Å². The fourth-order valence-electron chi connectivity index (χ4n) is 4.61. The molecule has 0 atom stereocenters. The number of aromatic nitrogens is 2. The molecule has 0 bridgehead atoms. The Morgan fingerprint density at radius 2 is 1.89 bits per heavy atom. The van der Waals surface area contributed by atoms with Crippen molar-refractivity contribution < 1.29 is 14.1 Å². The number of nitrogens with zero attached hydrogens (tertiary/aromatic N) is 3. The summed E-state index contributed by atoms with van der Waals surface area (Å²) in [5.41, 5.74) is 3.33. The van der Waals surface area contributed by atoms with Crippen LogP contribution in [0.25, 0.3) is 11.3 Å². The lowest BCUT2D eigenvalue weighted by atomic mass is 9.96. The molecule has 2 aromatic heterocycles. The first-order valence-corrected chi connectivity index (χ1v) is 14.8. The summed E-state index contributed by atoms with van der Waals surface area (Å²) in [5.74, 6) is 0.450. The summed E-state index contributed by atoms with van der Waals surface area (Å²) in [4.78, 5) is 33.8. The van der Waals surface area contributed by atoms with E-state index in [1.165, 1.54) is 11.3 Å². The molecule has 3 heterocycles. The van der Waals surface area contributed by atoms with Crippen molar-refractivity contribution in [1.82, 2.24) is 20.4 Å². The van der Waals surface area contributed by atoms with E-state index in [1.54, 1.807) is 30.8 Å². The van der Waals surface area contributed by atoms with Crippen molar-refractivity contribution in [2.45, 2.75) is 37.1 Å². The van der Waals surface area contributed by atoms with Gasteiger partial charge in [-0.15, -0.1) is 23.1 Å². The summed E-state index contributed by atoms with van der Waals surface area (Å²) in [6.45, 7) is 3.42. The van der Waals surface area contributed by atoms with Crippen LogP contribution < -0.4 is 5.32 Å². The van der Waals surface area contributed by atoms with Crippen molar-refractivity contribution in [2.75, 3.05) is 19.3 Å². The number of thioether (sulfide) groups is 1. The molecule has 0 spiro atoms. The topological polar surface area (TPSA) is 88.3 Å². The minimum absolute atomic E-state index is 0.0862. The van der Waals surface area contributed by atoms with Crippen molar-refractivity contribution >= 4 is 46.5 Å². The Balaban J connectivity index is 1.20. The van der Waals surface area contributed by atoms with Crippen LogP contribution in [0.3, 0.4) is 0 Å². The lowest BCUT2D eigenvalue weighted by molar-refractivity contribution is 0.0711. The molecule has 0 aliphatic carbocycles. The number of halogens is 1. The zero-order chi connectivity index (χ0) is 26.6. The lowest BCUT2D eigenvalue weighted by Gasteiger charge is -2.31. The molecular weight excluding hydrogens is 540 g/mol. The Bertz CT molecular complexity index is 1440. The fraction of sp³-hybridized carbons (Fsp3) is 0.286. The molecule has 10 heteroatoms. The molecule has 1 saturated heterocycles. The SMILES string of the molecule is CSc1ccccc1CNC(=O)c1csc(C2CCN(C(=O)c3c(-c4ccc(Cl)cc4)noc3C)CC2)n1. The molecule has 0 saturated carbocycles. The van der Waals surface area contributed by atoms with Gasteiger partial charge in [0, 0.05) is 46.4 Å². The van der Waals surface area contributed by atoms with E-state index in [9.17, 15) is 9.59 Å². The van der Waals surface area contributed by atoms with E-state index in [1.807, 2.05) is 52.9 Å². The van der Waals surface area contributed by atoms with Crippen molar-refractivity contribution in [3.05, 3.63) is 86.5 Å². The molecule has 0 radical (unpaired) electrons. The quantitative estimate of drug-likeness (QED) is 0.259. The number of hydrogen-bond acceptors (Lipinski definition) is 7. The van der Waals surface area contributed by atoms with Crippen LogP contribution in [-0.2, 0) is 6.54 Å². The van der Waals surface area contributed by atoms with E-state index in [4.69, 9.17) is 16.1 Å². The highest BCUT2D eigenvalue weighted by Gasteiger charge is 2.31. The Hall–Kier alpha value is -3.14. The molecule has 5 rings (SSSR count). The number of piperidine rings is 1. The van der Waals surface area contributed by atoms with Gasteiger partial charge < -0.3 is 14.7 Å². The molecule has 2 aromatic carbocycles. The van der Waals surface area contributed by atoms with Gasteiger partial charge in [-0.1, -0.05) is 47.1 Å². The lowest BCUT2D eigenvalue weighted by Crippen LogP contribution is -2.38. The molecule has 1 N–H and O–H groups in total. The molecule has 196 valence electrons. The number of benzene rings is 2. The van der Waals surface area contributed by atoms with Gasteiger partial charge in [-0.25, -0.2) is 4.98 Å². The molecular formula is C28H27ClN4O3S2. The van der Waals surface area contributed by atoms with Crippen LogP contribution in [0.2, 0.25) is 5.02 Å². The minimum atomic E-state index is -0.173. The number of thiazole rings is 1. The number of aryl methyl sites for hydroxylation is 1. The van der Waals surface area contributed by atoms with Crippen LogP contribution in [0.15, 0.2) is 63.3 Å². The zero-order valence-electron chi connectivity index (χ0n) is 21.1. The first kappa shape index (κ1) is 26.5. The van der Waals surface area contributed by atoms with Crippen LogP contribution in [-0.4, -0.2) is 46.2 Å². The van der Waals surface area contributed by atoms with Gasteiger partial charge in [0.25, 0.3) is 11.8 Å². The Morgan fingerprint density at radius 3 is 2.63 bits per heavy atom. The van der Waals surface area contributed by atoms with E-state index >= 15 is 0 Å². The first-order chi connectivity index (χ1) is 18.4. The van der Waals surface area contributed by atoms with Crippen LogP contribution in [0.1, 0.15) is 55.9 Å². The maximum atomic E-state index is 13.4. The van der Waals surface area contributed by atoms with E-state index < -0.39 is 0 Å². The minimum Gasteiger partial charge on any atom is -0.360 e. The molecule has 2 amide bonds. The number of amides is 2. The average molecular weight is 567 g/mol. The maximum absolute atomic E-state index is 13.4. The molecule has 1 aliphatic heterocycles. The van der Waals surface area contributed by atoms with Crippen LogP contribution in [0.4, 0.5) is 0 Å². The van der Waals surface area contributed by atoms with Gasteiger partial charge in [0.2, 0.25) is 0 Å². The van der Waals surface area contributed by atoms with E-state index in [-0.39, 0.29) is 17.7 Å². The summed E-state index contributed by atoms with van der Waals surface area (Å²) in [6, 6.07) is 15.2. The van der Waals surface area contributed by atoms with Crippen molar-refractivity contribution in [2.24, 2.45) is 0 Å². The predicted octanol–water partition coefficient (Wildman–Crippen LogP) is 6.43. The largest absolute Gasteiger partial charge is 0.360 e. The molecule has 1 aliphatic rings. The number of nitrogens with one attached hydrogen (secondary N) is 1. The van der Waals surface area contributed by atoms with Gasteiger partial charge in [0.15, 0.2) is 0 Å². The second-order valence-electron chi connectivity index (χ2n) is 9.10. The third kappa shape index (κ3) is 5.65. The normalized spacial score (nSPS) is 14.0. The number of carbonyl (C=O) groups is 2. The van der Waals surface area contributed by atoms with E-state index in [0.717, 1.165) is 33.9 Å². The van der Waals surface area contributed by atoms with Crippen molar-refractivity contribution in [3.8, 4) is 11.3 Å². The highest BCUT2D eigenvalue weighted by atomic mass is 35.5. The van der Waals surface area contributed by atoms with Crippen LogP contribution in [0, 0.1) is 6.92 Å². The van der Waals surface area contributed by atoms with E-state index in [2.05, 4.69) is 15.5 Å². The highest BCUT2D eigenvalue weighted by molar-refractivity contribution is 7.98. The van der Waals surface area contributed by atoms with Gasteiger partial charge in [-0.05, 0) is 49.8 Å². The number of rotatable bonds is 7. The summed E-state index contributed by atoms with van der Waals surface area (Å²) < 4.78 is 5.39.